The molecule has 1 rings (SSSR count). The van der Waals surface area contributed by atoms with Crippen molar-refractivity contribution in [2.45, 2.75) is 6.04 Å². The molecule has 0 fully saturated rings. The lowest BCUT2D eigenvalue weighted by atomic mass is 10.1. The molecule has 0 bridgehead atoms. The van der Waals surface area contributed by atoms with Crippen molar-refractivity contribution in [1.82, 2.24) is 0 Å². The normalized spacial score (nSPS) is 13.0. The summed E-state index contributed by atoms with van der Waals surface area (Å²) in [4.78, 5) is 0. The van der Waals surface area contributed by atoms with E-state index in [1.54, 1.807) is 0 Å². The minimum atomic E-state index is -1.49. The molecule has 3 N–H and O–H groups in total. The molecule has 78 valence electrons. The first-order valence-electron chi connectivity index (χ1n) is 3.68. The summed E-state index contributed by atoms with van der Waals surface area (Å²) in [5.41, 5.74) is 4.78. The van der Waals surface area contributed by atoms with Crippen molar-refractivity contribution in [3.63, 3.8) is 0 Å². The van der Waals surface area contributed by atoms with E-state index in [2.05, 4.69) is 0 Å². The first kappa shape index (κ1) is 11.3. The van der Waals surface area contributed by atoms with Gasteiger partial charge in [-0.2, -0.15) is 0 Å². The quantitative estimate of drug-likeness (QED) is 0.595. The Labute approximate surface area is 83.1 Å². The van der Waals surface area contributed by atoms with E-state index in [0.29, 0.717) is 6.07 Å². The zero-order valence-electron chi connectivity index (χ0n) is 6.90. The van der Waals surface area contributed by atoms with Crippen LogP contribution in [-0.2, 0) is 0 Å². The van der Waals surface area contributed by atoms with Gasteiger partial charge in [0.2, 0.25) is 0 Å². The maximum Gasteiger partial charge on any atom is 0.180 e. The zero-order chi connectivity index (χ0) is 10.9. The van der Waals surface area contributed by atoms with E-state index in [0.717, 1.165) is 0 Å². The molecule has 1 aromatic carbocycles. The predicted octanol–water partition coefficient (Wildman–Crippen LogP) is 1.75. The van der Waals surface area contributed by atoms with Crippen molar-refractivity contribution in [2.24, 2.45) is 5.73 Å². The molecule has 0 aliphatic heterocycles. The third-order valence-corrected chi connectivity index (χ3v) is 2.07. The molecule has 0 saturated carbocycles. The van der Waals surface area contributed by atoms with E-state index >= 15 is 0 Å². The molecule has 0 aromatic heterocycles. The third kappa shape index (κ3) is 1.84. The van der Waals surface area contributed by atoms with Gasteiger partial charge >= 0.3 is 0 Å². The van der Waals surface area contributed by atoms with E-state index in [4.69, 9.17) is 22.4 Å². The van der Waals surface area contributed by atoms with Crippen LogP contribution in [0.3, 0.4) is 0 Å². The van der Waals surface area contributed by atoms with E-state index in [1.165, 1.54) is 0 Å². The van der Waals surface area contributed by atoms with Gasteiger partial charge in [0.25, 0.3) is 0 Å². The van der Waals surface area contributed by atoms with Crippen molar-refractivity contribution >= 4 is 11.6 Å². The molecule has 0 aliphatic rings. The minimum Gasteiger partial charge on any atom is -0.394 e. The lowest BCUT2D eigenvalue weighted by Gasteiger charge is -2.11. The smallest absolute Gasteiger partial charge is 0.180 e. The Morgan fingerprint density at radius 3 is 2.43 bits per heavy atom. The van der Waals surface area contributed by atoms with Crippen molar-refractivity contribution in [3.8, 4) is 0 Å². The number of hydrogen-bond donors (Lipinski definition) is 2. The lowest BCUT2D eigenvalue weighted by Crippen LogP contribution is -2.17. The molecule has 0 amide bonds. The second-order valence-electron chi connectivity index (χ2n) is 2.68. The molecule has 1 atom stereocenters. The van der Waals surface area contributed by atoms with Gasteiger partial charge < -0.3 is 10.8 Å². The van der Waals surface area contributed by atoms with Crippen molar-refractivity contribution in [2.75, 3.05) is 6.61 Å². The van der Waals surface area contributed by atoms with Crippen LogP contribution in [0.1, 0.15) is 11.6 Å². The zero-order valence-corrected chi connectivity index (χ0v) is 7.65. The highest BCUT2D eigenvalue weighted by atomic mass is 35.5. The van der Waals surface area contributed by atoms with Gasteiger partial charge in [-0.25, -0.2) is 13.2 Å². The Balaban J connectivity index is 3.33. The summed E-state index contributed by atoms with van der Waals surface area (Å²) in [6.45, 7) is -0.614. The molecule has 2 nitrogen and oxygen atoms in total. The van der Waals surface area contributed by atoms with Crippen LogP contribution in [0.25, 0.3) is 0 Å². The number of nitrogens with two attached hydrogens (primary N) is 1. The average molecular weight is 226 g/mol. The predicted molar refractivity (Wildman–Crippen MR) is 45.3 cm³/mol. The molecule has 1 aromatic rings. The first-order valence-corrected chi connectivity index (χ1v) is 4.06. The van der Waals surface area contributed by atoms with Crippen LogP contribution in [0.5, 0.6) is 0 Å². The van der Waals surface area contributed by atoms with Crippen molar-refractivity contribution < 1.29 is 18.3 Å². The maximum atomic E-state index is 13.1. The topological polar surface area (TPSA) is 46.2 Å². The van der Waals surface area contributed by atoms with Crippen molar-refractivity contribution in [3.05, 3.63) is 34.1 Å². The van der Waals surface area contributed by atoms with Crippen LogP contribution in [0.4, 0.5) is 13.2 Å². The fourth-order valence-corrected chi connectivity index (χ4v) is 1.10. The monoisotopic (exact) mass is 225 g/mol. The fourth-order valence-electron chi connectivity index (χ4n) is 0.959. The molecule has 14 heavy (non-hydrogen) atoms. The van der Waals surface area contributed by atoms with Gasteiger partial charge in [0, 0.05) is 5.56 Å². The van der Waals surface area contributed by atoms with Gasteiger partial charge in [0.05, 0.1) is 12.6 Å². The van der Waals surface area contributed by atoms with Gasteiger partial charge in [0.15, 0.2) is 11.6 Å². The Bertz CT molecular complexity index is 359. The van der Waals surface area contributed by atoms with Crippen molar-refractivity contribution in [1.29, 1.82) is 0 Å². The number of rotatable bonds is 2. The van der Waals surface area contributed by atoms with Gasteiger partial charge in [-0.05, 0) is 6.07 Å². The first-order chi connectivity index (χ1) is 6.49. The summed E-state index contributed by atoms with van der Waals surface area (Å²) < 4.78 is 38.8. The lowest BCUT2D eigenvalue weighted by molar-refractivity contribution is 0.264. The largest absolute Gasteiger partial charge is 0.394 e. The molecule has 0 radical (unpaired) electrons. The highest BCUT2D eigenvalue weighted by Crippen LogP contribution is 2.26. The summed E-state index contributed by atoms with van der Waals surface area (Å²) in [7, 11) is 0. The highest BCUT2D eigenvalue weighted by Gasteiger charge is 2.20. The van der Waals surface area contributed by atoms with Crippen LogP contribution >= 0.6 is 11.6 Å². The van der Waals surface area contributed by atoms with Gasteiger partial charge in [-0.15, -0.1) is 0 Å². The summed E-state index contributed by atoms with van der Waals surface area (Å²) in [5, 5.41) is 7.67. The number of aliphatic hydroxyl groups excluding tert-OH is 1. The second kappa shape index (κ2) is 4.16. The molecule has 6 heteroatoms. The third-order valence-electron chi connectivity index (χ3n) is 1.73. The Morgan fingerprint density at radius 1 is 1.36 bits per heavy atom. The fraction of sp³-hybridized carbons (Fsp3) is 0.250. The second-order valence-corrected chi connectivity index (χ2v) is 3.06. The van der Waals surface area contributed by atoms with Crippen LogP contribution in [0, 0.1) is 17.5 Å². The highest BCUT2D eigenvalue weighted by molar-refractivity contribution is 6.30. The molecular formula is C8H7ClF3NO. The van der Waals surface area contributed by atoms with Gasteiger partial charge in [-0.3, -0.25) is 0 Å². The number of benzene rings is 1. The van der Waals surface area contributed by atoms with E-state index in [9.17, 15) is 13.2 Å². The molecule has 0 heterocycles. The standard InChI is InChI=1S/C8H7ClF3NO/c9-6-4(10)1-3(5(13)2-14)7(11)8(6)12/h1,5,14H,2,13H2. The van der Waals surface area contributed by atoms with Crippen LogP contribution in [0.2, 0.25) is 5.02 Å². The Hall–Kier alpha value is -0.780. The van der Waals surface area contributed by atoms with E-state index in [-0.39, 0.29) is 0 Å². The average Bonchev–Trinajstić information content (AvgIpc) is 2.19. The van der Waals surface area contributed by atoms with Crippen LogP contribution < -0.4 is 5.73 Å². The van der Waals surface area contributed by atoms with Crippen LogP contribution in [-0.4, -0.2) is 11.7 Å². The molecular weight excluding hydrogens is 219 g/mol. The summed E-state index contributed by atoms with van der Waals surface area (Å²) in [5.74, 6) is -3.94. The molecule has 0 aliphatic carbocycles. The summed E-state index contributed by atoms with van der Waals surface area (Å²) in [6.07, 6.45) is 0. The Kier molecular flexibility index (Phi) is 3.36. The summed E-state index contributed by atoms with van der Waals surface area (Å²) >= 11 is 5.11. The minimum absolute atomic E-state index is 0.438. The van der Waals surface area contributed by atoms with E-state index < -0.39 is 40.7 Å². The number of hydrogen-bond acceptors (Lipinski definition) is 2. The number of halogens is 4. The van der Waals surface area contributed by atoms with Crippen LogP contribution in [0.15, 0.2) is 6.07 Å². The SMILES string of the molecule is NC(CO)c1cc(F)c(Cl)c(F)c1F. The van der Waals surface area contributed by atoms with Gasteiger partial charge in [0.1, 0.15) is 10.8 Å². The number of aliphatic hydroxyl groups is 1. The molecule has 0 spiro atoms. The molecule has 0 saturated heterocycles. The Morgan fingerprint density at radius 2 is 1.93 bits per heavy atom. The summed E-state index contributed by atoms with van der Waals surface area (Å²) in [6, 6.07) is -0.502. The van der Waals surface area contributed by atoms with Gasteiger partial charge in [-0.1, -0.05) is 11.6 Å². The van der Waals surface area contributed by atoms with E-state index in [1.807, 2.05) is 0 Å². The maximum absolute atomic E-state index is 13.1. The molecule has 1 unspecified atom stereocenters.